The molecule has 0 saturated carbocycles. The standard InChI is InChI=1S/C16H14N4O4S.Na/c1-11-15(16(21)20(19-11)13-5-3-2-4-6-13)18-17-12-7-9-14(10-8-12)25-24-23-22;/h2-10,19,22H,1H3;/q;+1/p-1. The number of aromatic amines is 1. The smallest absolute Gasteiger partial charge is 0.691 e. The van der Waals surface area contributed by atoms with E-state index >= 15 is 0 Å². The van der Waals surface area contributed by atoms with Crippen molar-refractivity contribution in [2.75, 3.05) is 0 Å². The molecule has 3 aromatic rings. The maximum Gasteiger partial charge on any atom is 1.00 e. The summed E-state index contributed by atoms with van der Waals surface area (Å²) in [6.07, 6.45) is 0. The maximum atomic E-state index is 12.5. The van der Waals surface area contributed by atoms with Gasteiger partial charge in [0.15, 0.2) is 5.69 Å². The number of H-pyrrole nitrogens is 1. The van der Waals surface area contributed by atoms with Crippen LogP contribution in [0, 0.1) is 6.92 Å². The van der Waals surface area contributed by atoms with Gasteiger partial charge in [-0.05, 0) is 43.3 Å². The number of para-hydroxylation sites is 1. The first-order chi connectivity index (χ1) is 12.2. The molecular formula is C16H13N4NaO4S. The second-order valence-electron chi connectivity index (χ2n) is 4.97. The number of nitrogens with zero attached hydrogens (tertiary/aromatic N) is 3. The first-order valence-corrected chi connectivity index (χ1v) is 7.95. The largest absolute Gasteiger partial charge is 1.00 e. The van der Waals surface area contributed by atoms with Crippen LogP contribution in [0.1, 0.15) is 5.69 Å². The van der Waals surface area contributed by atoms with Gasteiger partial charge in [-0.15, -0.1) is 5.11 Å². The Kier molecular flexibility index (Phi) is 7.79. The maximum absolute atomic E-state index is 12.5. The molecule has 0 bridgehead atoms. The van der Waals surface area contributed by atoms with Crippen LogP contribution in [0.5, 0.6) is 0 Å². The molecule has 0 aliphatic heterocycles. The van der Waals surface area contributed by atoms with Crippen molar-refractivity contribution in [3.63, 3.8) is 0 Å². The topological polar surface area (TPSA) is 104 Å². The van der Waals surface area contributed by atoms with E-state index in [0.717, 1.165) is 17.7 Å². The fourth-order valence-electron chi connectivity index (χ4n) is 2.14. The number of rotatable bonds is 6. The third-order valence-electron chi connectivity index (χ3n) is 3.31. The molecule has 1 N–H and O–H groups in total. The number of nitrogens with one attached hydrogen (secondary N) is 1. The normalized spacial score (nSPS) is 10.8. The molecule has 0 spiro atoms. The summed E-state index contributed by atoms with van der Waals surface area (Å²) in [4.78, 5) is 13.2. The molecule has 26 heavy (non-hydrogen) atoms. The van der Waals surface area contributed by atoms with Crippen LogP contribution in [-0.2, 0) is 9.37 Å². The van der Waals surface area contributed by atoms with Crippen LogP contribution in [0.25, 0.3) is 5.69 Å². The molecule has 2 aromatic carbocycles. The Morgan fingerprint density at radius 1 is 1.08 bits per heavy atom. The van der Waals surface area contributed by atoms with Crippen molar-refractivity contribution < 1.29 is 44.2 Å². The molecule has 1 heterocycles. The molecule has 0 aliphatic rings. The Hall–Kier alpha value is -1.72. The van der Waals surface area contributed by atoms with Crippen molar-refractivity contribution in [2.45, 2.75) is 11.8 Å². The van der Waals surface area contributed by atoms with Gasteiger partial charge in [0.25, 0.3) is 5.56 Å². The van der Waals surface area contributed by atoms with Gasteiger partial charge in [0.1, 0.15) is 0 Å². The van der Waals surface area contributed by atoms with Crippen LogP contribution in [0.3, 0.4) is 0 Å². The number of aromatic nitrogens is 2. The molecule has 3 rings (SSSR count). The summed E-state index contributed by atoms with van der Waals surface area (Å²) in [5.74, 6) is 0. The van der Waals surface area contributed by atoms with E-state index in [4.69, 9.17) is 0 Å². The fourth-order valence-corrected chi connectivity index (χ4v) is 2.50. The average molecular weight is 380 g/mol. The molecule has 0 unspecified atom stereocenters. The first kappa shape index (κ1) is 20.6. The van der Waals surface area contributed by atoms with Gasteiger partial charge in [-0.1, -0.05) is 18.2 Å². The van der Waals surface area contributed by atoms with Crippen LogP contribution in [0.4, 0.5) is 11.4 Å². The monoisotopic (exact) mass is 380 g/mol. The number of aryl methyl sites for hydroxylation is 1. The molecule has 128 valence electrons. The van der Waals surface area contributed by atoms with Crippen LogP contribution in [0.15, 0.2) is 74.5 Å². The molecule has 10 heteroatoms. The Labute approximate surface area is 175 Å². The minimum Gasteiger partial charge on any atom is -0.691 e. The van der Waals surface area contributed by atoms with Gasteiger partial charge < -0.3 is 5.26 Å². The fraction of sp³-hybridized carbons (Fsp3) is 0.0625. The number of hydrogen-bond donors (Lipinski definition) is 1. The minimum absolute atomic E-state index is 0. The summed E-state index contributed by atoms with van der Waals surface area (Å²) in [6.45, 7) is 1.76. The molecule has 1 aromatic heterocycles. The average Bonchev–Trinajstić information content (AvgIpc) is 2.94. The molecule has 0 atom stereocenters. The van der Waals surface area contributed by atoms with Crippen molar-refractivity contribution >= 4 is 23.4 Å². The van der Waals surface area contributed by atoms with E-state index < -0.39 is 0 Å². The van der Waals surface area contributed by atoms with Crippen molar-refractivity contribution in [1.29, 1.82) is 0 Å². The van der Waals surface area contributed by atoms with E-state index in [1.54, 1.807) is 31.2 Å². The molecule has 0 radical (unpaired) electrons. The van der Waals surface area contributed by atoms with Crippen LogP contribution >= 0.6 is 12.0 Å². The van der Waals surface area contributed by atoms with Crippen molar-refractivity contribution in [3.05, 3.63) is 70.6 Å². The number of benzene rings is 2. The van der Waals surface area contributed by atoms with E-state index in [1.807, 2.05) is 30.3 Å². The Bertz CT molecular complexity index is 926. The second-order valence-corrected chi connectivity index (χ2v) is 5.75. The van der Waals surface area contributed by atoms with E-state index in [-0.39, 0.29) is 40.8 Å². The van der Waals surface area contributed by atoms with Crippen molar-refractivity contribution in [3.8, 4) is 5.69 Å². The van der Waals surface area contributed by atoms with Crippen molar-refractivity contribution in [1.82, 2.24) is 9.78 Å². The van der Waals surface area contributed by atoms with Gasteiger partial charge in [0.2, 0.25) is 0 Å². The molecule has 0 aliphatic carbocycles. The van der Waals surface area contributed by atoms with Gasteiger partial charge in [-0.2, -0.15) is 9.45 Å². The molecule has 8 nitrogen and oxygen atoms in total. The minimum atomic E-state index is -0.277. The van der Waals surface area contributed by atoms with Gasteiger partial charge in [0, 0.05) is 4.90 Å². The molecule has 0 fully saturated rings. The zero-order valence-corrected chi connectivity index (χ0v) is 16.9. The first-order valence-electron chi connectivity index (χ1n) is 7.21. The summed E-state index contributed by atoms with van der Waals surface area (Å²) in [5, 5.41) is 24.2. The van der Waals surface area contributed by atoms with Gasteiger partial charge in [0.05, 0.1) is 29.1 Å². The predicted molar refractivity (Wildman–Crippen MR) is 89.8 cm³/mol. The number of hydrogen-bond acceptors (Lipinski definition) is 7. The van der Waals surface area contributed by atoms with E-state index in [1.165, 1.54) is 4.68 Å². The summed E-state index contributed by atoms with van der Waals surface area (Å²) < 4.78 is 5.64. The van der Waals surface area contributed by atoms with Crippen LogP contribution in [-0.4, -0.2) is 9.78 Å². The molecule has 0 amide bonds. The Balaban J connectivity index is 0.00000243. The van der Waals surface area contributed by atoms with E-state index in [0.29, 0.717) is 16.3 Å². The summed E-state index contributed by atoms with van der Waals surface area (Å²) in [6, 6.07) is 15.9. The summed E-state index contributed by atoms with van der Waals surface area (Å²) >= 11 is 0.784. The quantitative estimate of drug-likeness (QED) is 0.215. The third-order valence-corrected chi connectivity index (χ3v) is 3.90. The van der Waals surface area contributed by atoms with Crippen LogP contribution < -0.4 is 40.4 Å². The van der Waals surface area contributed by atoms with E-state index in [2.05, 4.69) is 24.7 Å². The summed E-state index contributed by atoms with van der Waals surface area (Å²) in [7, 11) is 0. The SMILES string of the molecule is Cc1[nH]n(-c2ccccc2)c(=O)c1N=Nc1ccc(SOO[O-])cc1.[Na+]. The number of azo groups is 1. The second kappa shape index (κ2) is 9.83. The molecule has 0 saturated heterocycles. The molecular weight excluding hydrogens is 367 g/mol. The van der Waals surface area contributed by atoms with Crippen LogP contribution in [0.2, 0.25) is 0 Å². The van der Waals surface area contributed by atoms with Gasteiger partial charge in [-0.3, -0.25) is 14.9 Å². The Morgan fingerprint density at radius 2 is 1.77 bits per heavy atom. The summed E-state index contributed by atoms with van der Waals surface area (Å²) in [5.41, 5.74) is 1.86. The predicted octanol–water partition coefficient (Wildman–Crippen LogP) is 0.124. The third kappa shape index (κ3) is 4.92. The zero-order valence-electron chi connectivity index (χ0n) is 14.1. The van der Waals surface area contributed by atoms with Crippen molar-refractivity contribution in [2.24, 2.45) is 10.2 Å². The van der Waals surface area contributed by atoms with Gasteiger partial charge in [-0.25, -0.2) is 4.68 Å². The zero-order chi connectivity index (χ0) is 17.6. The Morgan fingerprint density at radius 3 is 2.42 bits per heavy atom. The van der Waals surface area contributed by atoms with Gasteiger partial charge >= 0.3 is 29.6 Å². The van der Waals surface area contributed by atoms with E-state index in [9.17, 15) is 10.1 Å².